The number of carbonyl (C=O) groups is 1. The van der Waals surface area contributed by atoms with E-state index in [1.54, 1.807) is 11.0 Å². The summed E-state index contributed by atoms with van der Waals surface area (Å²) in [4.78, 5) is 29.9. The van der Waals surface area contributed by atoms with Crippen molar-refractivity contribution in [3.8, 4) is 28.4 Å². The molecule has 0 saturated carbocycles. The Balaban J connectivity index is 1.74. The number of methoxy groups -OCH3 is 1. The number of hydrogen-bond donors (Lipinski definition) is 1. The van der Waals surface area contributed by atoms with Gasteiger partial charge in [0.15, 0.2) is 0 Å². The van der Waals surface area contributed by atoms with Gasteiger partial charge in [-0.1, -0.05) is 5.57 Å². The number of rotatable bonds is 6. The van der Waals surface area contributed by atoms with Gasteiger partial charge < -0.3 is 15.0 Å². The first-order chi connectivity index (χ1) is 20.5. The van der Waals surface area contributed by atoms with E-state index >= 15 is 0 Å². The van der Waals surface area contributed by atoms with Crippen molar-refractivity contribution in [3.63, 3.8) is 0 Å². The van der Waals surface area contributed by atoms with Crippen LogP contribution >= 0.6 is 0 Å². The second-order valence-electron chi connectivity index (χ2n) is 10.3. The standard InChI is InChI=1S/C31H29F4N5O3/c1-19(2)16-26-24(29(41)38-14-11-36-12-15-38)18-23(30(42)40(26)27-17-21(32)6-9-28(27)43-3)25-10-13-39(37-25)22-7-4-20(5-8-22)31(33,34)35/h4-10,13,16-18,36H,11-12,14-15H2,1-3H3. The summed E-state index contributed by atoms with van der Waals surface area (Å²) in [6.07, 6.45) is -1.30. The minimum atomic E-state index is -4.49. The summed E-state index contributed by atoms with van der Waals surface area (Å²) in [5.41, 5.74) is 0.498. The number of piperazine rings is 1. The zero-order chi connectivity index (χ0) is 30.9. The number of aromatic nitrogens is 3. The SMILES string of the molecule is COc1ccc(F)cc1-n1c(C=C(C)C)c(C(=O)N2CCNCC2)cc(-c2ccn(-c3ccc(C(F)(F)F)cc3)n2)c1=O. The van der Waals surface area contributed by atoms with Gasteiger partial charge in [-0.3, -0.25) is 14.2 Å². The number of alkyl halides is 3. The highest BCUT2D eigenvalue weighted by Gasteiger charge is 2.30. The number of hydrogen-bond acceptors (Lipinski definition) is 5. The van der Waals surface area contributed by atoms with Crippen LogP contribution in [0, 0.1) is 5.82 Å². The Kier molecular flexibility index (Phi) is 8.23. The van der Waals surface area contributed by atoms with Crippen molar-refractivity contribution >= 4 is 12.0 Å². The van der Waals surface area contributed by atoms with Crippen LogP contribution in [0.3, 0.4) is 0 Å². The van der Waals surface area contributed by atoms with Gasteiger partial charge >= 0.3 is 6.18 Å². The number of pyridine rings is 1. The molecule has 0 bridgehead atoms. The van der Waals surface area contributed by atoms with E-state index in [4.69, 9.17) is 4.74 Å². The van der Waals surface area contributed by atoms with Crippen LogP contribution in [0.2, 0.25) is 0 Å². The van der Waals surface area contributed by atoms with Crippen LogP contribution in [0.15, 0.2) is 71.2 Å². The van der Waals surface area contributed by atoms with Gasteiger partial charge in [0.2, 0.25) is 0 Å². The highest BCUT2D eigenvalue weighted by molar-refractivity contribution is 5.99. The van der Waals surface area contributed by atoms with E-state index in [9.17, 15) is 27.2 Å². The zero-order valence-corrected chi connectivity index (χ0v) is 23.7. The van der Waals surface area contributed by atoms with Gasteiger partial charge in [0, 0.05) is 38.4 Å². The molecule has 1 aliphatic rings. The largest absolute Gasteiger partial charge is 0.495 e. The quantitative estimate of drug-likeness (QED) is 0.305. The fourth-order valence-electron chi connectivity index (χ4n) is 4.93. The van der Waals surface area contributed by atoms with Crippen molar-refractivity contribution in [2.24, 2.45) is 0 Å². The highest BCUT2D eigenvalue weighted by atomic mass is 19.4. The molecule has 1 saturated heterocycles. The van der Waals surface area contributed by atoms with Crippen LogP contribution in [0.25, 0.3) is 28.7 Å². The Morgan fingerprint density at radius 1 is 1.02 bits per heavy atom. The molecule has 1 fully saturated rings. The second-order valence-corrected chi connectivity index (χ2v) is 10.3. The minimum Gasteiger partial charge on any atom is -0.495 e. The van der Waals surface area contributed by atoms with Crippen LogP contribution in [0.4, 0.5) is 17.6 Å². The lowest BCUT2D eigenvalue weighted by molar-refractivity contribution is -0.137. The van der Waals surface area contributed by atoms with Crippen molar-refractivity contribution in [3.05, 3.63) is 99.4 Å². The van der Waals surface area contributed by atoms with E-state index in [-0.39, 0.29) is 39.9 Å². The van der Waals surface area contributed by atoms with Gasteiger partial charge in [-0.2, -0.15) is 18.3 Å². The third kappa shape index (κ3) is 6.09. The molecule has 1 aliphatic heterocycles. The third-order valence-corrected chi connectivity index (χ3v) is 7.01. The first-order valence-corrected chi connectivity index (χ1v) is 13.5. The molecule has 8 nitrogen and oxygen atoms in total. The van der Waals surface area contributed by atoms with Crippen LogP contribution < -0.4 is 15.6 Å². The molecule has 1 amide bonds. The lowest BCUT2D eigenvalue weighted by Gasteiger charge is -2.29. The number of ether oxygens (including phenoxy) is 1. The highest BCUT2D eigenvalue weighted by Crippen LogP contribution is 2.31. The molecule has 0 atom stereocenters. The first kappa shape index (κ1) is 29.8. The van der Waals surface area contributed by atoms with E-state index in [2.05, 4.69) is 10.4 Å². The van der Waals surface area contributed by atoms with Crippen LogP contribution in [-0.2, 0) is 6.18 Å². The molecule has 2 aromatic carbocycles. The topological polar surface area (TPSA) is 81.4 Å². The van der Waals surface area contributed by atoms with E-state index in [1.807, 2.05) is 13.8 Å². The zero-order valence-electron chi connectivity index (χ0n) is 23.7. The summed E-state index contributed by atoms with van der Waals surface area (Å²) in [5.74, 6) is -0.723. The van der Waals surface area contributed by atoms with Gasteiger partial charge in [0.1, 0.15) is 11.6 Å². The Morgan fingerprint density at radius 2 is 1.72 bits per heavy atom. The lowest BCUT2D eigenvalue weighted by atomic mass is 10.0. The van der Waals surface area contributed by atoms with Crippen molar-refractivity contribution in [2.75, 3.05) is 33.3 Å². The maximum atomic E-state index is 14.6. The van der Waals surface area contributed by atoms with Crippen LogP contribution in [0.1, 0.15) is 35.5 Å². The van der Waals surface area contributed by atoms with E-state index in [1.165, 1.54) is 59.0 Å². The maximum absolute atomic E-state index is 14.6. The Bertz CT molecular complexity index is 1750. The fourth-order valence-corrected chi connectivity index (χ4v) is 4.93. The summed E-state index contributed by atoms with van der Waals surface area (Å²) in [6.45, 7) is 5.74. The van der Waals surface area contributed by atoms with Gasteiger partial charge in [-0.15, -0.1) is 0 Å². The normalized spacial score (nSPS) is 13.6. The number of allylic oxidation sites excluding steroid dienone is 1. The Labute approximate surface area is 244 Å². The molecule has 2 aromatic heterocycles. The molecule has 5 rings (SSSR count). The van der Waals surface area contributed by atoms with Crippen LogP contribution in [-0.4, -0.2) is 58.4 Å². The summed E-state index contributed by atoms with van der Waals surface area (Å²) in [7, 11) is 1.39. The average Bonchev–Trinajstić information content (AvgIpc) is 3.47. The van der Waals surface area contributed by atoms with Crippen molar-refractivity contribution in [1.29, 1.82) is 0 Å². The van der Waals surface area contributed by atoms with Gasteiger partial charge in [-0.05, 0) is 68.5 Å². The van der Waals surface area contributed by atoms with Gasteiger partial charge in [-0.25, -0.2) is 9.07 Å². The third-order valence-electron chi connectivity index (χ3n) is 7.01. The molecule has 0 radical (unpaired) electrons. The number of amides is 1. The second kappa shape index (κ2) is 11.9. The number of carbonyl (C=O) groups excluding carboxylic acids is 1. The Hall–Kier alpha value is -4.71. The average molecular weight is 596 g/mol. The first-order valence-electron chi connectivity index (χ1n) is 13.5. The van der Waals surface area contributed by atoms with Crippen molar-refractivity contribution < 1.29 is 27.1 Å². The maximum Gasteiger partial charge on any atom is 0.416 e. The summed E-state index contributed by atoms with van der Waals surface area (Å²) >= 11 is 0. The fraction of sp³-hybridized carbons (Fsp3) is 0.258. The molecular formula is C31H29F4N5O3. The van der Waals surface area contributed by atoms with Crippen molar-refractivity contribution in [1.82, 2.24) is 24.6 Å². The predicted octanol–water partition coefficient (Wildman–Crippen LogP) is 5.33. The molecular weight excluding hydrogens is 566 g/mol. The summed E-state index contributed by atoms with van der Waals surface area (Å²) in [5, 5.41) is 7.68. The molecule has 3 heterocycles. The van der Waals surface area contributed by atoms with Crippen molar-refractivity contribution in [2.45, 2.75) is 20.0 Å². The van der Waals surface area contributed by atoms with E-state index in [0.29, 0.717) is 31.9 Å². The van der Waals surface area contributed by atoms with Crippen LogP contribution in [0.5, 0.6) is 5.75 Å². The summed E-state index contributed by atoms with van der Waals surface area (Å²) < 4.78 is 61.9. The molecule has 0 unspecified atom stereocenters. The minimum absolute atomic E-state index is 0.0429. The molecule has 1 N–H and O–H groups in total. The lowest BCUT2D eigenvalue weighted by Crippen LogP contribution is -2.47. The van der Waals surface area contributed by atoms with E-state index < -0.39 is 23.1 Å². The molecule has 0 aliphatic carbocycles. The molecule has 12 heteroatoms. The monoisotopic (exact) mass is 595 g/mol. The van der Waals surface area contributed by atoms with Gasteiger partial charge in [0.25, 0.3) is 11.5 Å². The Morgan fingerprint density at radius 3 is 2.35 bits per heavy atom. The number of nitrogens with one attached hydrogen (secondary N) is 1. The number of benzene rings is 2. The molecule has 0 spiro atoms. The summed E-state index contributed by atoms with van der Waals surface area (Å²) in [6, 6.07) is 11.2. The number of halogens is 4. The van der Waals surface area contributed by atoms with E-state index in [0.717, 1.165) is 23.8 Å². The van der Waals surface area contributed by atoms with Gasteiger partial charge in [0.05, 0.1) is 46.6 Å². The predicted molar refractivity (Wildman–Crippen MR) is 154 cm³/mol. The molecule has 4 aromatic rings. The smallest absolute Gasteiger partial charge is 0.416 e. The molecule has 43 heavy (non-hydrogen) atoms. The number of nitrogens with zero attached hydrogens (tertiary/aromatic N) is 4. The molecule has 224 valence electrons.